The second kappa shape index (κ2) is 6.44. The molecule has 0 spiro atoms. The van der Waals surface area contributed by atoms with E-state index in [0.717, 1.165) is 5.75 Å². The van der Waals surface area contributed by atoms with Gasteiger partial charge in [-0.3, -0.25) is 0 Å². The van der Waals surface area contributed by atoms with Crippen molar-refractivity contribution >= 4 is 17.4 Å². The van der Waals surface area contributed by atoms with Crippen molar-refractivity contribution in [3.8, 4) is 5.75 Å². The lowest BCUT2D eigenvalue weighted by Gasteiger charge is -2.27. The Morgan fingerprint density at radius 1 is 1.14 bits per heavy atom. The SMILES string of the molecule is COc1ccc2c(c1)C(Nc1ccc(SC)cc1)CCC2. The minimum absolute atomic E-state index is 0.379. The molecule has 0 aromatic heterocycles. The lowest BCUT2D eigenvalue weighted by atomic mass is 9.87. The van der Waals surface area contributed by atoms with E-state index in [1.165, 1.54) is 41.0 Å². The quantitative estimate of drug-likeness (QED) is 0.811. The fourth-order valence-corrected chi connectivity index (χ4v) is 3.35. The van der Waals surface area contributed by atoms with E-state index in [1.54, 1.807) is 18.9 Å². The van der Waals surface area contributed by atoms with Gasteiger partial charge < -0.3 is 10.1 Å². The fraction of sp³-hybridized carbons (Fsp3) is 0.333. The summed E-state index contributed by atoms with van der Waals surface area (Å²) in [6, 6.07) is 15.5. The van der Waals surface area contributed by atoms with Gasteiger partial charge in [-0.2, -0.15) is 0 Å². The first kappa shape index (κ1) is 14.3. The third kappa shape index (κ3) is 3.18. The molecule has 0 saturated carbocycles. The fourth-order valence-electron chi connectivity index (χ4n) is 2.94. The highest BCUT2D eigenvalue weighted by atomic mass is 32.2. The van der Waals surface area contributed by atoms with E-state index in [4.69, 9.17) is 4.74 Å². The molecule has 1 aliphatic rings. The summed E-state index contributed by atoms with van der Waals surface area (Å²) in [7, 11) is 1.73. The summed E-state index contributed by atoms with van der Waals surface area (Å²) >= 11 is 1.77. The van der Waals surface area contributed by atoms with E-state index in [0.29, 0.717) is 6.04 Å². The smallest absolute Gasteiger partial charge is 0.119 e. The van der Waals surface area contributed by atoms with Crippen molar-refractivity contribution in [3.63, 3.8) is 0 Å². The number of ether oxygens (including phenoxy) is 1. The molecular weight excluding hydrogens is 278 g/mol. The van der Waals surface area contributed by atoms with Crippen molar-refractivity contribution < 1.29 is 4.74 Å². The van der Waals surface area contributed by atoms with Crippen LogP contribution in [0.4, 0.5) is 5.69 Å². The van der Waals surface area contributed by atoms with Gasteiger partial charge in [0.15, 0.2) is 0 Å². The number of thioether (sulfide) groups is 1. The molecule has 0 saturated heterocycles. The minimum Gasteiger partial charge on any atom is -0.497 e. The molecule has 21 heavy (non-hydrogen) atoms. The first-order valence-corrected chi connectivity index (χ1v) is 8.60. The standard InChI is InChI=1S/C18H21NOS/c1-20-15-9-6-13-4-3-5-18(17(13)12-15)19-14-7-10-16(21-2)11-8-14/h6-12,18-19H,3-5H2,1-2H3. The Morgan fingerprint density at radius 3 is 2.67 bits per heavy atom. The van der Waals surface area contributed by atoms with Crippen molar-refractivity contribution in [3.05, 3.63) is 53.6 Å². The molecule has 0 heterocycles. The topological polar surface area (TPSA) is 21.3 Å². The zero-order valence-corrected chi connectivity index (χ0v) is 13.4. The van der Waals surface area contributed by atoms with Crippen LogP contribution < -0.4 is 10.1 Å². The first-order chi connectivity index (χ1) is 10.3. The number of aryl methyl sites for hydroxylation is 1. The van der Waals surface area contributed by atoms with E-state index in [1.807, 2.05) is 0 Å². The summed E-state index contributed by atoms with van der Waals surface area (Å²) in [5.74, 6) is 0.945. The molecule has 2 aromatic rings. The van der Waals surface area contributed by atoms with Gasteiger partial charge in [0.2, 0.25) is 0 Å². The molecule has 1 aliphatic carbocycles. The molecule has 3 heteroatoms. The number of nitrogens with one attached hydrogen (secondary N) is 1. The summed E-state index contributed by atoms with van der Waals surface area (Å²) in [5, 5.41) is 3.67. The van der Waals surface area contributed by atoms with Gasteiger partial charge in [-0.05, 0) is 73.0 Å². The Bertz CT molecular complexity index is 609. The third-order valence-electron chi connectivity index (χ3n) is 4.10. The van der Waals surface area contributed by atoms with Crippen molar-refractivity contribution in [2.24, 2.45) is 0 Å². The molecule has 110 valence electrons. The maximum atomic E-state index is 5.38. The highest BCUT2D eigenvalue weighted by molar-refractivity contribution is 7.98. The number of anilines is 1. The number of methoxy groups -OCH3 is 1. The van der Waals surface area contributed by atoms with E-state index in [-0.39, 0.29) is 0 Å². The Balaban J connectivity index is 1.83. The van der Waals surface area contributed by atoms with Crippen LogP contribution in [0.3, 0.4) is 0 Å². The van der Waals surface area contributed by atoms with Crippen LogP contribution in [0.2, 0.25) is 0 Å². The molecule has 3 rings (SSSR count). The van der Waals surface area contributed by atoms with Gasteiger partial charge in [0.05, 0.1) is 13.2 Å². The van der Waals surface area contributed by atoms with Gasteiger partial charge in [0.25, 0.3) is 0 Å². The second-order valence-corrected chi connectivity index (χ2v) is 6.26. The predicted molar refractivity (Wildman–Crippen MR) is 90.5 cm³/mol. The molecule has 2 aromatic carbocycles. The highest BCUT2D eigenvalue weighted by Crippen LogP contribution is 2.35. The van der Waals surface area contributed by atoms with E-state index >= 15 is 0 Å². The highest BCUT2D eigenvalue weighted by Gasteiger charge is 2.20. The third-order valence-corrected chi connectivity index (χ3v) is 4.84. The monoisotopic (exact) mass is 299 g/mol. The average molecular weight is 299 g/mol. The van der Waals surface area contributed by atoms with Crippen molar-refractivity contribution in [2.75, 3.05) is 18.7 Å². The van der Waals surface area contributed by atoms with Gasteiger partial charge in [-0.25, -0.2) is 0 Å². The number of rotatable bonds is 4. The number of hydrogen-bond acceptors (Lipinski definition) is 3. The summed E-state index contributed by atoms with van der Waals surface area (Å²) in [6.45, 7) is 0. The van der Waals surface area contributed by atoms with Crippen molar-refractivity contribution in [1.82, 2.24) is 0 Å². The zero-order valence-electron chi connectivity index (χ0n) is 12.6. The molecule has 1 unspecified atom stereocenters. The van der Waals surface area contributed by atoms with Crippen LogP contribution >= 0.6 is 11.8 Å². The van der Waals surface area contributed by atoms with E-state index < -0.39 is 0 Å². The van der Waals surface area contributed by atoms with Gasteiger partial charge in [-0.1, -0.05) is 6.07 Å². The van der Waals surface area contributed by atoms with Gasteiger partial charge >= 0.3 is 0 Å². The van der Waals surface area contributed by atoms with Crippen LogP contribution in [0.5, 0.6) is 5.75 Å². The van der Waals surface area contributed by atoms with E-state index in [9.17, 15) is 0 Å². The average Bonchev–Trinajstić information content (AvgIpc) is 2.55. The van der Waals surface area contributed by atoms with Crippen molar-refractivity contribution in [2.45, 2.75) is 30.2 Å². The molecule has 1 atom stereocenters. The predicted octanol–water partition coefficient (Wildman–Crippen LogP) is 4.91. The van der Waals surface area contributed by atoms with Crippen molar-refractivity contribution in [1.29, 1.82) is 0 Å². The maximum absolute atomic E-state index is 5.38. The van der Waals surface area contributed by atoms with Crippen LogP contribution in [-0.2, 0) is 6.42 Å². The Hall–Kier alpha value is -1.61. The molecule has 0 bridgehead atoms. The van der Waals surface area contributed by atoms with Crippen LogP contribution in [0.25, 0.3) is 0 Å². The van der Waals surface area contributed by atoms with Gasteiger partial charge in [0.1, 0.15) is 5.75 Å². The molecule has 0 radical (unpaired) electrons. The Morgan fingerprint density at radius 2 is 1.95 bits per heavy atom. The molecule has 0 amide bonds. The number of fused-ring (bicyclic) bond motifs is 1. The molecule has 0 fully saturated rings. The minimum atomic E-state index is 0.379. The lowest BCUT2D eigenvalue weighted by molar-refractivity contribution is 0.413. The number of benzene rings is 2. The van der Waals surface area contributed by atoms with Crippen LogP contribution in [0, 0.1) is 0 Å². The van der Waals surface area contributed by atoms with Crippen LogP contribution in [0.15, 0.2) is 47.4 Å². The summed E-state index contributed by atoms with van der Waals surface area (Å²) in [4.78, 5) is 1.30. The van der Waals surface area contributed by atoms with Gasteiger partial charge in [0, 0.05) is 10.6 Å². The Kier molecular flexibility index (Phi) is 4.39. The largest absolute Gasteiger partial charge is 0.497 e. The normalized spacial score (nSPS) is 17.1. The van der Waals surface area contributed by atoms with Crippen LogP contribution in [0.1, 0.15) is 30.0 Å². The lowest BCUT2D eigenvalue weighted by Crippen LogP contribution is -2.17. The molecule has 1 N–H and O–H groups in total. The maximum Gasteiger partial charge on any atom is 0.119 e. The summed E-state index contributed by atoms with van der Waals surface area (Å²) in [6.07, 6.45) is 5.68. The van der Waals surface area contributed by atoms with Crippen LogP contribution in [-0.4, -0.2) is 13.4 Å². The molecular formula is C18H21NOS. The first-order valence-electron chi connectivity index (χ1n) is 7.37. The van der Waals surface area contributed by atoms with E-state index in [2.05, 4.69) is 54.0 Å². The molecule has 2 nitrogen and oxygen atoms in total. The summed E-state index contributed by atoms with van der Waals surface area (Å²) < 4.78 is 5.38. The molecule has 0 aliphatic heterocycles. The van der Waals surface area contributed by atoms with Gasteiger partial charge in [-0.15, -0.1) is 11.8 Å². The second-order valence-electron chi connectivity index (χ2n) is 5.38. The zero-order chi connectivity index (χ0) is 14.7. The number of hydrogen-bond donors (Lipinski definition) is 1. The summed E-state index contributed by atoms with van der Waals surface area (Å²) in [5.41, 5.74) is 4.02. The Labute approximate surface area is 130 Å².